The van der Waals surface area contributed by atoms with Gasteiger partial charge in [-0.15, -0.1) is 0 Å². The molecule has 0 aromatic heterocycles. The fraction of sp³-hybridized carbons (Fsp3) is 0.393. The van der Waals surface area contributed by atoms with Crippen molar-refractivity contribution in [2.75, 3.05) is 30.4 Å². The van der Waals surface area contributed by atoms with E-state index in [1.54, 1.807) is 19.3 Å². The van der Waals surface area contributed by atoms with Crippen LogP contribution in [0.2, 0.25) is 0 Å². The third-order valence-electron chi connectivity index (χ3n) is 6.79. The lowest BCUT2D eigenvalue weighted by Crippen LogP contribution is -2.48. The molecule has 0 aliphatic carbocycles. The Morgan fingerprint density at radius 1 is 1.27 bits per heavy atom. The van der Waals surface area contributed by atoms with Gasteiger partial charge in [-0.3, -0.25) is 19.3 Å². The summed E-state index contributed by atoms with van der Waals surface area (Å²) in [5.41, 5.74) is 2.98. The second-order valence-corrected chi connectivity index (χ2v) is 11.0. The summed E-state index contributed by atoms with van der Waals surface area (Å²) < 4.78 is 19.6. The highest BCUT2D eigenvalue weighted by molar-refractivity contribution is 8.18. The fourth-order valence-corrected chi connectivity index (χ4v) is 5.97. The number of carbonyl (C=O) groups is 3. The lowest BCUT2D eigenvalue weighted by molar-refractivity contribution is -0.127. The van der Waals surface area contributed by atoms with Crippen LogP contribution in [0.3, 0.4) is 0 Å². The molecule has 2 aliphatic rings. The highest BCUT2D eigenvalue weighted by Gasteiger charge is 2.38. The third-order valence-corrected chi connectivity index (χ3v) is 7.70. The number of fused-ring (bicyclic) bond motifs is 1. The number of nitrogens with one attached hydrogen (secondary N) is 1. The minimum absolute atomic E-state index is 0.000841. The second-order valence-electron chi connectivity index (χ2n) is 10.0. The van der Waals surface area contributed by atoms with Crippen molar-refractivity contribution in [2.45, 2.75) is 52.0 Å². The highest BCUT2D eigenvalue weighted by Crippen LogP contribution is 2.46. The van der Waals surface area contributed by atoms with E-state index in [1.165, 1.54) is 23.8 Å². The predicted octanol–water partition coefficient (Wildman–Crippen LogP) is 6.01. The molecular formula is C28H32FN3O4S. The van der Waals surface area contributed by atoms with Crippen molar-refractivity contribution < 1.29 is 23.5 Å². The maximum Gasteiger partial charge on any atom is 0.294 e. The monoisotopic (exact) mass is 525 g/mol. The van der Waals surface area contributed by atoms with Crippen LogP contribution >= 0.6 is 11.8 Å². The number of thioether (sulfide) groups is 1. The minimum atomic E-state index is -0.660. The number of imide groups is 1. The molecule has 4 rings (SSSR count). The average molecular weight is 526 g/mol. The standard InChI is InChI=1S/C28H32FN3O4S/c1-6-11-32-22-14-23(36-5)18(12-19(22)17(2)15-28(32,3)4)13-24-26(34)31(27(35)37-24)16-25(33)30-21-10-8-7-9-20(21)29/h7-10,12-14,17H,6,11,15-16H2,1-5H3,(H,30,33)/b24-13+. The van der Waals surface area contributed by atoms with Crippen molar-refractivity contribution in [1.82, 2.24) is 4.90 Å². The molecule has 0 radical (unpaired) electrons. The van der Waals surface area contributed by atoms with Crippen molar-refractivity contribution in [3.63, 3.8) is 0 Å². The van der Waals surface area contributed by atoms with Crippen molar-refractivity contribution in [3.05, 3.63) is 58.2 Å². The number of carbonyl (C=O) groups excluding carboxylic acids is 3. The molecule has 2 heterocycles. The molecule has 1 fully saturated rings. The second kappa shape index (κ2) is 10.6. The molecule has 7 nitrogen and oxygen atoms in total. The van der Waals surface area contributed by atoms with Gasteiger partial charge >= 0.3 is 0 Å². The molecule has 1 saturated heterocycles. The molecule has 2 aromatic rings. The zero-order chi connectivity index (χ0) is 26.9. The van der Waals surface area contributed by atoms with E-state index in [-0.39, 0.29) is 16.1 Å². The number of ether oxygens (including phenoxy) is 1. The van der Waals surface area contributed by atoms with Crippen LogP contribution in [-0.2, 0) is 9.59 Å². The molecule has 1 N–H and O–H groups in total. The molecule has 1 atom stereocenters. The lowest BCUT2D eigenvalue weighted by atomic mass is 9.79. The Kier molecular flexibility index (Phi) is 7.64. The average Bonchev–Trinajstić information content (AvgIpc) is 3.10. The number of hydrogen-bond acceptors (Lipinski definition) is 6. The number of halogens is 1. The number of nitrogens with zero attached hydrogens (tertiary/aromatic N) is 2. The van der Waals surface area contributed by atoms with Crippen molar-refractivity contribution in [1.29, 1.82) is 0 Å². The Bertz CT molecular complexity index is 1280. The van der Waals surface area contributed by atoms with Gasteiger partial charge in [-0.2, -0.15) is 0 Å². The van der Waals surface area contributed by atoms with Gasteiger partial charge in [-0.1, -0.05) is 26.0 Å². The summed E-state index contributed by atoms with van der Waals surface area (Å²) in [4.78, 5) is 41.6. The Morgan fingerprint density at radius 2 is 2.00 bits per heavy atom. The van der Waals surface area contributed by atoms with Gasteiger partial charge < -0.3 is 15.0 Å². The number of rotatable bonds is 7. The Balaban J connectivity index is 1.60. The first-order valence-electron chi connectivity index (χ1n) is 12.3. The Labute approximate surface area is 221 Å². The number of benzene rings is 2. The number of methoxy groups -OCH3 is 1. The molecule has 0 saturated carbocycles. The van der Waals surface area contributed by atoms with Gasteiger partial charge in [0.15, 0.2) is 0 Å². The van der Waals surface area contributed by atoms with Crippen molar-refractivity contribution >= 4 is 46.3 Å². The van der Waals surface area contributed by atoms with E-state index >= 15 is 0 Å². The summed E-state index contributed by atoms with van der Waals surface area (Å²) in [6, 6.07) is 9.76. The molecule has 0 bridgehead atoms. The molecular weight excluding hydrogens is 493 g/mol. The van der Waals surface area contributed by atoms with E-state index in [9.17, 15) is 18.8 Å². The smallest absolute Gasteiger partial charge is 0.294 e. The first-order chi connectivity index (χ1) is 17.6. The van der Waals surface area contributed by atoms with Gasteiger partial charge in [0.1, 0.15) is 18.1 Å². The van der Waals surface area contributed by atoms with E-state index in [1.807, 2.05) is 12.1 Å². The van der Waals surface area contributed by atoms with E-state index in [4.69, 9.17) is 4.74 Å². The van der Waals surface area contributed by atoms with E-state index in [0.717, 1.165) is 41.7 Å². The largest absolute Gasteiger partial charge is 0.496 e. The lowest BCUT2D eigenvalue weighted by Gasteiger charge is -2.47. The third kappa shape index (κ3) is 5.37. The highest BCUT2D eigenvalue weighted by atomic mass is 32.2. The summed E-state index contributed by atoms with van der Waals surface area (Å²) in [5, 5.41) is 1.85. The number of amides is 3. The fourth-order valence-electron chi connectivity index (χ4n) is 5.14. The van der Waals surface area contributed by atoms with E-state index in [0.29, 0.717) is 17.2 Å². The van der Waals surface area contributed by atoms with Crippen molar-refractivity contribution in [2.24, 2.45) is 0 Å². The Morgan fingerprint density at radius 3 is 2.68 bits per heavy atom. The van der Waals surface area contributed by atoms with Crippen LogP contribution in [0, 0.1) is 5.82 Å². The topological polar surface area (TPSA) is 79.0 Å². The van der Waals surface area contributed by atoms with Gasteiger partial charge in [-0.05, 0) is 74.2 Å². The molecule has 0 spiro atoms. The first kappa shape index (κ1) is 26.7. The normalized spacial score (nSPS) is 19.8. The van der Waals surface area contributed by atoms with Gasteiger partial charge in [-0.25, -0.2) is 4.39 Å². The van der Waals surface area contributed by atoms with Gasteiger partial charge in [0.05, 0.1) is 17.7 Å². The number of anilines is 2. The molecule has 196 valence electrons. The van der Waals surface area contributed by atoms with E-state index in [2.05, 4.69) is 37.9 Å². The summed E-state index contributed by atoms with van der Waals surface area (Å²) in [7, 11) is 1.58. The van der Waals surface area contributed by atoms with Gasteiger partial charge in [0, 0.05) is 29.4 Å². The SMILES string of the molecule is CCCN1c2cc(OC)c(/C=C3/SC(=O)N(CC(=O)Nc4ccccc4F)C3=O)cc2C(C)CC1(C)C. The maximum atomic E-state index is 13.9. The first-order valence-corrected chi connectivity index (χ1v) is 13.2. The van der Waals surface area contributed by atoms with Gasteiger partial charge in [0.25, 0.3) is 11.1 Å². The van der Waals surface area contributed by atoms with Crippen LogP contribution < -0.4 is 15.0 Å². The summed E-state index contributed by atoms with van der Waals surface area (Å²) >= 11 is 0.772. The van der Waals surface area contributed by atoms with Gasteiger partial charge in [0.2, 0.25) is 5.91 Å². The minimum Gasteiger partial charge on any atom is -0.496 e. The van der Waals surface area contributed by atoms with Crippen LogP contribution in [0.1, 0.15) is 57.6 Å². The molecule has 2 aliphatic heterocycles. The maximum absolute atomic E-state index is 13.9. The zero-order valence-electron chi connectivity index (χ0n) is 21.8. The molecule has 2 aromatic carbocycles. The molecule has 3 amide bonds. The molecule has 37 heavy (non-hydrogen) atoms. The van der Waals surface area contributed by atoms with Crippen LogP contribution in [0.15, 0.2) is 41.3 Å². The zero-order valence-corrected chi connectivity index (χ0v) is 22.6. The summed E-state index contributed by atoms with van der Waals surface area (Å²) in [6.45, 7) is 9.27. The quantitative estimate of drug-likeness (QED) is 0.446. The van der Waals surface area contributed by atoms with Crippen molar-refractivity contribution in [3.8, 4) is 5.75 Å². The number of hydrogen-bond donors (Lipinski definition) is 1. The van der Waals surface area contributed by atoms with E-state index < -0.39 is 29.4 Å². The van der Waals surface area contributed by atoms with Crippen LogP contribution in [-0.4, -0.2) is 47.7 Å². The molecule has 1 unspecified atom stereocenters. The van der Waals surface area contributed by atoms with Crippen LogP contribution in [0.25, 0.3) is 6.08 Å². The van der Waals surface area contributed by atoms with Crippen LogP contribution in [0.4, 0.5) is 20.6 Å². The summed E-state index contributed by atoms with van der Waals surface area (Å²) in [6.07, 6.45) is 3.65. The molecule has 9 heteroatoms. The Hall–Kier alpha value is -3.33. The predicted molar refractivity (Wildman–Crippen MR) is 145 cm³/mol. The summed E-state index contributed by atoms with van der Waals surface area (Å²) in [5.74, 6) is -0.922. The number of para-hydroxylation sites is 1. The van der Waals surface area contributed by atoms with Crippen LogP contribution in [0.5, 0.6) is 5.75 Å².